The Bertz CT molecular complexity index is 90.2. The van der Waals surface area contributed by atoms with E-state index in [2.05, 4.69) is 39.8 Å². The fourth-order valence-corrected chi connectivity index (χ4v) is 0.931. The van der Waals surface area contributed by atoms with Crippen LogP contribution in [0, 0.1) is 18.8 Å². The number of rotatable bonds is 4. The van der Waals surface area contributed by atoms with Crippen LogP contribution < -0.4 is 0 Å². The smallest absolute Gasteiger partial charge is 0.0262 e. The molecule has 0 bridgehead atoms. The minimum absolute atomic E-state index is 0.458. The van der Waals surface area contributed by atoms with Crippen molar-refractivity contribution >= 4 is 0 Å². The van der Waals surface area contributed by atoms with Gasteiger partial charge in [0.15, 0.2) is 0 Å². The lowest BCUT2D eigenvalue weighted by atomic mass is 10.0. The van der Waals surface area contributed by atoms with Gasteiger partial charge < -0.3 is 0 Å². The quantitative estimate of drug-likeness (QED) is 0.523. The zero-order valence-electron chi connectivity index (χ0n) is 7.43. The second kappa shape index (κ2) is 5.52. The SMILES string of the molecule is [CH2]C(C)/C=C/C(C)CCC. The van der Waals surface area contributed by atoms with Crippen LogP contribution in [0.5, 0.6) is 0 Å². The highest BCUT2D eigenvalue weighted by Gasteiger charge is 1.93. The summed E-state index contributed by atoms with van der Waals surface area (Å²) in [5, 5.41) is 0. The van der Waals surface area contributed by atoms with Gasteiger partial charge in [0.2, 0.25) is 0 Å². The molecule has 0 aromatic rings. The van der Waals surface area contributed by atoms with Crippen LogP contribution in [0.4, 0.5) is 0 Å². The van der Waals surface area contributed by atoms with E-state index in [1.54, 1.807) is 0 Å². The van der Waals surface area contributed by atoms with Crippen molar-refractivity contribution in [2.24, 2.45) is 11.8 Å². The van der Waals surface area contributed by atoms with Crippen molar-refractivity contribution in [2.75, 3.05) is 0 Å². The lowest BCUT2D eigenvalue weighted by molar-refractivity contribution is 0.630. The summed E-state index contributed by atoms with van der Waals surface area (Å²) >= 11 is 0. The third-order valence-corrected chi connectivity index (χ3v) is 1.51. The summed E-state index contributed by atoms with van der Waals surface area (Å²) in [6, 6.07) is 0. The van der Waals surface area contributed by atoms with E-state index >= 15 is 0 Å². The maximum Gasteiger partial charge on any atom is -0.0262 e. The molecule has 0 aliphatic carbocycles. The first-order valence-electron chi connectivity index (χ1n) is 4.18. The molecule has 0 rings (SSSR count). The lowest BCUT2D eigenvalue weighted by Gasteiger charge is -2.02. The highest BCUT2D eigenvalue weighted by molar-refractivity contribution is 4.90. The molecule has 0 aliphatic heterocycles. The first-order chi connectivity index (χ1) is 4.66. The molecule has 0 saturated heterocycles. The van der Waals surface area contributed by atoms with Crippen LogP contribution >= 0.6 is 0 Å². The first kappa shape index (κ1) is 9.74. The molecule has 1 radical (unpaired) electrons. The Morgan fingerprint density at radius 2 is 1.90 bits per heavy atom. The second-order valence-corrected chi connectivity index (χ2v) is 3.13. The standard InChI is InChI=1S/C10H19/c1-5-6-10(4)8-7-9(2)3/h7-10H,2,5-6H2,1,3-4H3/b8-7+. The van der Waals surface area contributed by atoms with E-state index in [-0.39, 0.29) is 0 Å². The monoisotopic (exact) mass is 139 g/mol. The van der Waals surface area contributed by atoms with Crippen LogP contribution in [-0.4, -0.2) is 0 Å². The molecule has 0 aliphatic rings. The van der Waals surface area contributed by atoms with Gasteiger partial charge in [-0.15, -0.1) is 0 Å². The third-order valence-electron chi connectivity index (χ3n) is 1.51. The van der Waals surface area contributed by atoms with Crippen molar-refractivity contribution in [1.82, 2.24) is 0 Å². The highest BCUT2D eigenvalue weighted by Crippen LogP contribution is 2.07. The minimum atomic E-state index is 0.458. The largest absolute Gasteiger partial charge is 0.0854 e. The van der Waals surface area contributed by atoms with Crippen LogP contribution in [0.2, 0.25) is 0 Å². The van der Waals surface area contributed by atoms with Crippen LogP contribution in [0.15, 0.2) is 12.2 Å². The normalized spacial score (nSPS) is 14.9. The zero-order valence-corrected chi connectivity index (χ0v) is 7.43. The Labute approximate surface area is 65.3 Å². The molecule has 0 fully saturated rings. The number of allylic oxidation sites excluding steroid dienone is 2. The van der Waals surface area contributed by atoms with E-state index in [0.717, 1.165) is 5.92 Å². The fourth-order valence-electron chi connectivity index (χ4n) is 0.931. The molecule has 0 nitrogen and oxygen atoms in total. The summed E-state index contributed by atoms with van der Waals surface area (Å²) in [5.41, 5.74) is 0. The van der Waals surface area contributed by atoms with Crippen molar-refractivity contribution in [3.05, 3.63) is 19.1 Å². The molecule has 2 atom stereocenters. The third kappa shape index (κ3) is 5.87. The van der Waals surface area contributed by atoms with Crippen molar-refractivity contribution in [1.29, 1.82) is 0 Å². The second-order valence-electron chi connectivity index (χ2n) is 3.13. The average molecular weight is 139 g/mol. The van der Waals surface area contributed by atoms with Crippen molar-refractivity contribution in [2.45, 2.75) is 33.6 Å². The molecule has 0 aromatic carbocycles. The summed E-state index contributed by atoms with van der Waals surface area (Å²) in [6.07, 6.45) is 7.02. The van der Waals surface area contributed by atoms with Gasteiger partial charge in [-0.3, -0.25) is 0 Å². The molecule has 0 heteroatoms. The van der Waals surface area contributed by atoms with Gasteiger partial charge in [0.25, 0.3) is 0 Å². The van der Waals surface area contributed by atoms with Gasteiger partial charge in [-0.05, 0) is 25.2 Å². The van der Waals surface area contributed by atoms with Gasteiger partial charge in [0.1, 0.15) is 0 Å². The van der Waals surface area contributed by atoms with Crippen molar-refractivity contribution in [3.8, 4) is 0 Å². The Morgan fingerprint density at radius 1 is 1.30 bits per heavy atom. The van der Waals surface area contributed by atoms with Crippen LogP contribution in [0.25, 0.3) is 0 Å². The van der Waals surface area contributed by atoms with Gasteiger partial charge in [-0.1, -0.05) is 39.3 Å². The molecule has 59 valence electrons. The summed E-state index contributed by atoms with van der Waals surface area (Å²) in [5.74, 6) is 1.19. The lowest BCUT2D eigenvalue weighted by Crippen LogP contribution is -1.89. The van der Waals surface area contributed by atoms with E-state index in [1.165, 1.54) is 12.8 Å². The molecule has 0 aromatic heterocycles. The van der Waals surface area contributed by atoms with E-state index in [4.69, 9.17) is 0 Å². The van der Waals surface area contributed by atoms with E-state index in [9.17, 15) is 0 Å². The Kier molecular flexibility index (Phi) is 5.38. The van der Waals surface area contributed by atoms with Gasteiger partial charge in [-0.25, -0.2) is 0 Å². The van der Waals surface area contributed by atoms with E-state index in [0.29, 0.717) is 5.92 Å². The summed E-state index contributed by atoms with van der Waals surface area (Å²) in [6.45, 7) is 10.5. The minimum Gasteiger partial charge on any atom is -0.0854 e. The summed E-state index contributed by atoms with van der Waals surface area (Å²) < 4.78 is 0. The van der Waals surface area contributed by atoms with Gasteiger partial charge in [0.05, 0.1) is 0 Å². The highest BCUT2D eigenvalue weighted by atomic mass is 14.0. The van der Waals surface area contributed by atoms with Gasteiger partial charge >= 0.3 is 0 Å². The average Bonchev–Trinajstić information content (AvgIpc) is 1.85. The summed E-state index contributed by atoms with van der Waals surface area (Å²) in [7, 11) is 0. The molecular formula is C10H19. The van der Waals surface area contributed by atoms with Crippen LogP contribution in [0.3, 0.4) is 0 Å². The molecule has 10 heavy (non-hydrogen) atoms. The van der Waals surface area contributed by atoms with E-state index < -0.39 is 0 Å². The fraction of sp³-hybridized carbons (Fsp3) is 0.700. The topological polar surface area (TPSA) is 0 Å². The van der Waals surface area contributed by atoms with Gasteiger partial charge in [-0.2, -0.15) is 0 Å². The zero-order chi connectivity index (χ0) is 7.98. The number of hydrogen-bond donors (Lipinski definition) is 0. The number of hydrogen-bond acceptors (Lipinski definition) is 0. The maximum absolute atomic E-state index is 3.88. The van der Waals surface area contributed by atoms with Gasteiger partial charge in [0, 0.05) is 0 Å². The predicted molar refractivity (Wildman–Crippen MR) is 47.7 cm³/mol. The van der Waals surface area contributed by atoms with Crippen molar-refractivity contribution < 1.29 is 0 Å². The van der Waals surface area contributed by atoms with E-state index in [1.807, 2.05) is 0 Å². The van der Waals surface area contributed by atoms with Crippen LogP contribution in [-0.2, 0) is 0 Å². The summed E-state index contributed by atoms with van der Waals surface area (Å²) in [4.78, 5) is 0. The molecule has 0 heterocycles. The van der Waals surface area contributed by atoms with Crippen LogP contribution in [0.1, 0.15) is 33.6 Å². The molecule has 2 unspecified atom stereocenters. The Morgan fingerprint density at radius 3 is 2.30 bits per heavy atom. The molecular weight excluding hydrogens is 120 g/mol. The Balaban J connectivity index is 3.45. The Hall–Kier alpha value is -0.260. The molecule has 0 N–H and O–H groups in total. The molecule has 0 amide bonds. The van der Waals surface area contributed by atoms with Crippen molar-refractivity contribution in [3.63, 3.8) is 0 Å². The maximum atomic E-state index is 3.88. The predicted octanol–water partition coefficient (Wildman–Crippen LogP) is 3.45. The molecule has 0 saturated carbocycles. The first-order valence-corrected chi connectivity index (χ1v) is 4.18. The molecule has 0 spiro atoms.